The molecule has 1 heterocycles. The summed E-state index contributed by atoms with van der Waals surface area (Å²) in [6.45, 7) is 8.56. The average molecular weight is 296 g/mol. The third-order valence-electron chi connectivity index (χ3n) is 5.74. The molecule has 0 aromatic carbocycles. The number of rotatable bonds is 7. The van der Waals surface area contributed by atoms with E-state index in [4.69, 9.17) is 0 Å². The van der Waals surface area contributed by atoms with Gasteiger partial charge >= 0.3 is 0 Å². The first-order chi connectivity index (χ1) is 10.2. The number of nitrogens with zero attached hydrogens (tertiary/aromatic N) is 1. The Morgan fingerprint density at radius 2 is 1.90 bits per heavy atom. The van der Waals surface area contributed by atoms with E-state index in [1.165, 1.54) is 64.6 Å². The Morgan fingerprint density at radius 3 is 2.57 bits per heavy atom. The van der Waals surface area contributed by atoms with Gasteiger partial charge in [0, 0.05) is 31.8 Å². The molecule has 2 N–H and O–H groups in total. The van der Waals surface area contributed by atoms with Crippen LogP contribution in [0.15, 0.2) is 0 Å². The van der Waals surface area contributed by atoms with Gasteiger partial charge < -0.3 is 10.4 Å². The average Bonchev–Trinajstić information content (AvgIpc) is 2.53. The molecule has 2 fully saturated rings. The highest BCUT2D eigenvalue weighted by Crippen LogP contribution is 2.25. The summed E-state index contributed by atoms with van der Waals surface area (Å²) in [5.41, 5.74) is 0. The minimum Gasteiger partial charge on any atom is -0.396 e. The summed E-state index contributed by atoms with van der Waals surface area (Å²) in [4.78, 5) is 2.64. The molecular formula is C18H36N2O. The zero-order valence-corrected chi connectivity index (χ0v) is 14.2. The van der Waals surface area contributed by atoms with E-state index in [1.54, 1.807) is 0 Å². The van der Waals surface area contributed by atoms with Gasteiger partial charge in [-0.15, -0.1) is 0 Å². The number of piperidine rings is 1. The second kappa shape index (κ2) is 9.12. The quantitative estimate of drug-likeness (QED) is 0.758. The molecule has 1 saturated heterocycles. The van der Waals surface area contributed by atoms with Crippen LogP contribution in [0, 0.1) is 11.8 Å². The third-order valence-corrected chi connectivity index (χ3v) is 5.74. The van der Waals surface area contributed by atoms with Crippen molar-refractivity contribution in [1.29, 1.82) is 0 Å². The van der Waals surface area contributed by atoms with Gasteiger partial charge in [-0.05, 0) is 57.4 Å². The smallest absolute Gasteiger partial charge is 0.0434 e. The Bertz CT molecular complexity index is 278. The lowest BCUT2D eigenvalue weighted by Gasteiger charge is -2.41. The normalized spacial score (nSPS) is 30.4. The minimum absolute atomic E-state index is 0.342. The number of nitrogens with one attached hydrogen (secondary N) is 1. The predicted molar refractivity (Wildman–Crippen MR) is 89.5 cm³/mol. The van der Waals surface area contributed by atoms with Gasteiger partial charge in [-0.1, -0.05) is 26.2 Å². The van der Waals surface area contributed by atoms with Crippen LogP contribution in [-0.4, -0.2) is 48.3 Å². The lowest BCUT2D eigenvalue weighted by Crippen LogP contribution is -2.52. The van der Waals surface area contributed by atoms with Gasteiger partial charge in [0.1, 0.15) is 0 Å². The predicted octanol–water partition coefficient (Wildman–Crippen LogP) is 3.03. The summed E-state index contributed by atoms with van der Waals surface area (Å²) in [5.74, 6) is 1.58. The summed E-state index contributed by atoms with van der Waals surface area (Å²) < 4.78 is 0. The molecule has 2 aliphatic rings. The Labute approximate surface area is 131 Å². The van der Waals surface area contributed by atoms with Crippen LogP contribution < -0.4 is 5.32 Å². The summed E-state index contributed by atoms with van der Waals surface area (Å²) in [7, 11) is 0. The lowest BCUT2D eigenvalue weighted by molar-refractivity contribution is 0.0867. The topological polar surface area (TPSA) is 35.5 Å². The third kappa shape index (κ3) is 5.54. The van der Waals surface area contributed by atoms with Crippen LogP contribution >= 0.6 is 0 Å². The van der Waals surface area contributed by atoms with Crippen LogP contribution in [-0.2, 0) is 0 Å². The molecule has 2 rings (SSSR count). The highest BCUT2D eigenvalue weighted by molar-refractivity contribution is 4.86. The van der Waals surface area contributed by atoms with Crippen LogP contribution in [0.25, 0.3) is 0 Å². The van der Waals surface area contributed by atoms with Gasteiger partial charge in [0.25, 0.3) is 0 Å². The van der Waals surface area contributed by atoms with E-state index in [1.807, 2.05) is 0 Å². The molecule has 1 aliphatic carbocycles. The fourth-order valence-electron chi connectivity index (χ4n) is 4.12. The molecule has 3 atom stereocenters. The molecule has 124 valence electrons. The molecule has 0 aromatic rings. The molecule has 0 aromatic heterocycles. The number of likely N-dealkylation sites (tertiary alicyclic amines) is 1. The zero-order chi connectivity index (χ0) is 15.1. The van der Waals surface area contributed by atoms with Crippen molar-refractivity contribution in [2.45, 2.75) is 77.3 Å². The second-order valence-electron chi connectivity index (χ2n) is 7.43. The van der Waals surface area contributed by atoms with E-state index in [-0.39, 0.29) is 0 Å². The van der Waals surface area contributed by atoms with Crippen LogP contribution in [0.2, 0.25) is 0 Å². The van der Waals surface area contributed by atoms with Gasteiger partial charge in [-0.2, -0.15) is 0 Å². The Balaban J connectivity index is 1.81. The van der Waals surface area contributed by atoms with Crippen molar-refractivity contribution in [2.24, 2.45) is 11.8 Å². The van der Waals surface area contributed by atoms with Crippen molar-refractivity contribution in [3.63, 3.8) is 0 Å². The highest BCUT2D eigenvalue weighted by Gasteiger charge is 2.29. The molecule has 3 unspecified atom stereocenters. The van der Waals surface area contributed by atoms with Gasteiger partial charge in [0.2, 0.25) is 0 Å². The van der Waals surface area contributed by atoms with Crippen LogP contribution in [0.4, 0.5) is 0 Å². The monoisotopic (exact) mass is 296 g/mol. The SMILES string of the molecule is CCC(C)N1CC(CCO)CC(NCC2CCCCC2)C1. The van der Waals surface area contributed by atoms with Crippen molar-refractivity contribution >= 4 is 0 Å². The molecule has 0 amide bonds. The van der Waals surface area contributed by atoms with Crippen LogP contribution in [0.5, 0.6) is 0 Å². The molecule has 0 radical (unpaired) electrons. The van der Waals surface area contributed by atoms with E-state index in [0.29, 0.717) is 24.6 Å². The van der Waals surface area contributed by atoms with Crippen LogP contribution in [0.3, 0.4) is 0 Å². The maximum Gasteiger partial charge on any atom is 0.0434 e. The van der Waals surface area contributed by atoms with E-state index in [0.717, 1.165) is 12.3 Å². The zero-order valence-electron chi connectivity index (χ0n) is 14.2. The van der Waals surface area contributed by atoms with Crippen molar-refractivity contribution in [3.8, 4) is 0 Å². The van der Waals surface area contributed by atoms with Crippen molar-refractivity contribution in [3.05, 3.63) is 0 Å². The molecule has 3 heteroatoms. The first-order valence-electron chi connectivity index (χ1n) is 9.31. The fourth-order valence-corrected chi connectivity index (χ4v) is 4.12. The van der Waals surface area contributed by atoms with E-state index in [9.17, 15) is 5.11 Å². The van der Waals surface area contributed by atoms with E-state index in [2.05, 4.69) is 24.1 Å². The maximum atomic E-state index is 9.28. The molecule has 1 aliphatic heterocycles. The number of aliphatic hydroxyl groups is 1. The molecule has 21 heavy (non-hydrogen) atoms. The fraction of sp³-hybridized carbons (Fsp3) is 1.00. The van der Waals surface area contributed by atoms with Crippen LogP contribution in [0.1, 0.15) is 65.2 Å². The second-order valence-corrected chi connectivity index (χ2v) is 7.43. The van der Waals surface area contributed by atoms with Crippen molar-refractivity contribution in [1.82, 2.24) is 10.2 Å². The molecule has 1 saturated carbocycles. The van der Waals surface area contributed by atoms with Gasteiger partial charge in [0.05, 0.1) is 0 Å². The van der Waals surface area contributed by atoms with Crippen molar-refractivity contribution < 1.29 is 5.11 Å². The standard InChI is InChI=1S/C18H36N2O/c1-3-15(2)20-13-17(9-10-21)11-18(14-20)19-12-16-7-5-4-6-8-16/h15-19,21H,3-14H2,1-2H3. The first-order valence-corrected chi connectivity index (χ1v) is 9.31. The van der Waals surface area contributed by atoms with E-state index < -0.39 is 0 Å². The van der Waals surface area contributed by atoms with Crippen molar-refractivity contribution in [2.75, 3.05) is 26.2 Å². The van der Waals surface area contributed by atoms with E-state index >= 15 is 0 Å². The first kappa shape index (κ1) is 17.2. The number of hydrogen-bond donors (Lipinski definition) is 2. The highest BCUT2D eigenvalue weighted by atomic mass is 16.3. The molecule has 0 bridgehead atoms. The summed E-state index contributed by atoms with van der Waals surface area (Å²) in [5, 5.41) is 13.1. The summed E-state index contributed by atoms with van der Waals surface area (Å²) in [6.07, 6.45) is 10.6. The maximum absolute atomic E-state index is 9.28. The molecule has 0 spiro atoms. The Hall–Kier alpha value is -0.120. The van der Waals surface area contributed by atoms with Gasteiger partial charge in [-0.3, -0.25) is 4.90 Å². The van der Waals surface area contributed by atoms with Gasteiger partial charge in [-0.25, -0.2) is 0 Å². The largest absolute Gasteiger partial charge is 0.396 e. The number of hydrogen-bond acceptors (Lipinski definition) is 3. The molecular weight excluding hydrogens is 260 g/mol. The Morgan fingerprint density at radius 1 is 1.14 bits per heavy atom. The van der Waals surface area contributed by atoms with Gasteiger partial charge in [0.15, 0.2) is 0 Å². The lowest BCUT2D eigenvalue weighted by atomic mass is 9.87. The number of aliphatic hydroxyl groups excluding tert-OH is 1. The summed E-state index contributed by atoms with van der Waals surface area (Å²) >= 11 is 0. The summed E-state index contributed by atoms with van der Waals surface area (Å²) in [6, 6.07) is 1.30. The minimum atomic E-state index is 0.342. The Kier molecular flexibility index (Phi) is 7.48. The molecule has 3 nitrogen and oxygen atoms in total.